The first kappa shape index (κ1) is 8.25. The van der Waals surface area contributed by atoms with Crippen molar-refractivity contribution in [2.75, 3.05) is 13.1 Å². The highest BCUT2D eigenvalue weighted by molar-refractivity contribution is 4.99. The summed E-state index contributed by atoms with van der Waals surface area (Å²) >= 11 is 0. The van der Waals surface area contributed by atoms with Crippen LogP contribution in [0.3, 0.4) is 0 Å². The largest absolute Gasteiger partial charge is 0.315 e. The molecule has 0 aromatic carbocycles. The van der Waals surface area contributed by atoms with E-state index < -0.39 is 0 Å². The van der Waals surface area contributed by atoms with Crippen molar-refractivity contribution in [3.05, 3.63) is 0 Å². The molecule has 1 atom stereocenters. The SMILES string of the molecule is C1CNCC(N(C2CC2)C2CC2)C1. The number of hydrogen-bond acceptors (Lipinski definition) is 2. The minimum absolute atomic E-state index is 0.883. The van der Waals surface area contributed by atoms with E-state index in [4.69, 9.17) is 0 Å². The van der Waals surface area contributed by atoms with Gasteiger partial charge in [0.15, 0.2) is 0 Å². The Morgan fingerprint density at radius 2 is 1.54 bits per heavy atom. The normalized spacial score (nSPS) is 35.3. The van der Waals surface area contributed by atoms with Gasteiger partial charge in [0.25, 0.3) is 0 Å². The van der Waals surface area contributed by atoms with E-state index in [9.17, 15) is 0 Å². The molecule has 13 heavy (non-hydrogen) atoms. The smallest absolute Gasteiger partial charge is 0.0226 e. The zero-order chi connectivity index (χ0) is 8.67. The van der Waals surface area contributed by atoms with E-state index in [0.29, 0.717) is 0 Å². The van der Waals surface area contributed by atoms with Crippen LogP contribution < -0.4 is 5.32 Å². The van der Waals surface area contributed by atoms with Crippen molar-refractivity contribution < 1.29 is 0 Å². The molecule has 2 nitrogen and oxygen atoms in total. The van der Waals surface area contributed by atoms with E-state index in [1.165, 1.54) is 51.6 Å². The third-order valence-electron chi connectivity index (χ3n) is 3.63. The van der Waals surface area contributed by atoms with E-state index in [-0.39, 0.29) is 0 Å². The average molecular weight is 180 g/mol. The molecular weight excluding hydrogens is 160 g/mol. The maximum Gasteiger partial charge on any atom is 0.0226 e. The first-order valence-electron chi connectivity index (χ1n) is 5.93. The number of rotatable bonds is 3. The molecule has 74 valence electrons. The fourth-order valence-electron chi connectivity index (χ4n) is 2.73. The number of nitrogens with zero attached hydrogens (tertiary/aromatic N) is 1. The van der Waals surface area contributed by atoms with Gasteiger partial charge in [0.1, 0.15) is 0 Å². The van der Waals surface area contributed by atoms with Crippen molar-refractivity contribution in [2.45, 2.75) is 56.7 Å². The Morgan fingerprint density at radius 3 is 2.00 bits per heavy atom. The Kier molecular flexibility index (Phi) is 2.06. The fourth-order valence-corrected chi connectivity index (χ4v) is 2.73. The lowest BCUT2D eigenvalue weighted by molar-refractivity contribution is 0.148. The fraction of sp³-hybridized carbons (Fsp3) is 1.00. The molecule has 0 aromatic rings. The summed E-state index contributed by atoms with van der Waals surface area (Å²) in [6, 6.07) is 2.85. The van der Waals surface area contributed by atoms with Gasteiger partial charge in [-0.15, -0.1) is 0 Å². The van der Waals surface area contributed by atoms with Crippen LogP contribution >= 0.6 is 0 Å². The molecule has 2 aliphatic carbocycles. The molecule has 0 bridgehead atoms. The standard InChI is InChI=1S/C11H20N2/c1-2-11(8-12-7-1)13(9-3-4-9)10-5-6-10/h9-12H,1-8H2. The van der Waals surface area contributed by atoms with E-state index in [1.54, 1.807) is 0 Å². The van der Waals surface area contributed by atoms with Crippen LogP contribution in [-0.4, -0.2) is 36.1 Å². The zero-order valence-corrected chi connectivity index (χ0v) is 8.34. The van der Waals surface area contributed by atoms with Gasteiger partial charge in [-0.1, -0.05) is 0 Å². The third kappa shape index (κ3) is 1.75. The summed E-state index contributed by atoms with van der Waals surface area (Å²) in [4.78, 5) is 2.85. The number of nitrogens with one attached hydrogen (secondary N) is 1. The quantitative estimate of drug-likeness (QED) is 0.705. The number of hydrogen-bond donors (Lipinski definition) is 1. The first-order valence-corrected chi connectivity index (χ1v) is 5.93. The molecule has 0 amide bonds. The third-order valence-corrected chi connectivity index (χ3v) is 3.63. The summed E-state index contributed by atoms with van der Waals surface area (Å²) in [6.45, 7) is 2.51. The van der Waals surface area contributed by atoms with E-state index in [2.05, 4.69) is 10.2 Å². The van der Waals surface area contributed by atoms with Crippen LogP contribution in [0.15, 0.2) is 0 Å². The van der Waals surface area contributed by atoms with Crippen LogP contribution in [0.4, 0.5) is 0 Å². The molecule has 0 spiro atoms. The second kappa shape index (κ2) is 3.25. The topological polar surface area (TPSA) is 15.3 Å². The minimum atomic E-state index is 0.883. The summed E-state index contributed by atoms with van der Waals surface area (Å²) in [5.74, 6) is 0. The zero-order valence-electron chi connectivity index (χ0n) is 8.34. The van der Waals surface area contributed by atoms with Gasteiger partial charge in [-0.3, -0.25) is 4.90 Å². The van der Waals surface area contributed by atoms with Gasteiger partial charge < -0.3 is 5.32 Å². The maximum absolute atomic E-state index is 3.54. The first-order chi connectivity index (χ1) is 6.45. The van der Waals surface area contributed by atoms with Gasteiger partial charge >= 0.3 is 0 Å². The van der Waals surface area contributed by atoms with Crippen molar-refractivity contribution in [1.82, 2.24) is 10.2 Å². The van der Waals surface area contributed by atoms with E-state index >= 15 is 0 Å². The minimum Gasteiger partial charge on any atom is -0.315 e. The van der Waals surface area contributed by atoms with Crippen molar-refractivity contribution in [3.8, 4) is 0 Å². The lowest BCUT2D eigenvalue weighted by atomic mass is 10.1. The summed E-state index contributed by atoms with van der Waals surface area (Å²) in [5.41, 5.74) is 0. The van der Waals surface area contributed by atoms with Gasteiger partial charge in [-0.2, -0.15) is 0 Å². The molecule has 3 rings (SSSR count). The molecule has 0 aromatic heterocycles. The molecule has 1 saturated heterocycles. The average Bonchev–Trinajstić information content (AvgIpc) is 3.00. The number of piperidine rings is 1. The Bertz CT molecular complexity index is 167. The molecule has 1 aliphatic heterocycles. The lowest BCUT2D eigenvalue weighted by Crippen LogP contribution is -2.48. The van der Waals surface area contributed by atoms with E-state index in [0.717, 1.165) is 18.1 Å². The van der Waals surface area contributed by atoms with Gasteiger partial charge in [0.2, 0.25) is 0 Å². The van der Waals surface area contributed by atoms with Gasteiger partial charge in [0, 0.05) is 24.7 Å². The van der Waals surface area contributed by atoms with Crippen LogP contribution in [0.5, 0.6) is 0 Å². The molecular formula is C11H20N2. The molecule has 2 heteroatoms. The summed E-state index contributed by atoms with van der Waals surface area (Å²) < 4.78 is 0. The Morgan fingerprint density at radius 1 is 0.846 bits per heavy atom. The second-order valence-electron chi connectivity index (χ2n) is 4.91. The van der Waals surface area contributed by atoms with Gasteiger partial charge in [0.05, 0.1) is 0 Å². The maximum atomic E-state index is 3.54. The Hall–Kier alpha value is -0.0800. The molecule has 1 heterocycles. The van der Waals surface area contributed by atoms with Crippen molar-refractivity contribution >= 4 is 0 Å². The van der Waals surface area contributed by atoms with Gasteiger partial charge in [-0.25, -0.2) is 0 Å². The molecule has 1 N–H and O–H groups in total. The van der Waals surface area contributed by atoms with Crippen LogP contribution in [0.1, 0.15) is 38.5 Å². The van der Waals surface area contributed by atoms with Crippen LogP contribution in [0.2, 0.25) is 0 Å². The van der Waals surface area contributed by atoms with Crippen molar-refractivity contribution in [3.63, 3.8) is 0 Å². The van der Waals surface area contributed by atoms with E-state index in [1.807, 2.05) is 0 Å². The van der Waals surface area contributed by atoms with Crippen molar-refractivity contribution in [1.29, 1.82) is 0 Å². The Labute approximate surface area is 80.7 Å². The second-order valence-corrected chi connectivity index (χ2v) is 4.91. The van der Waals surface area contributed by atoms with Crippen LogP contribution in [0.25, 0.3) is 0 Å². The summed E-state index contributed by atoms with van der Waals surface area (Å²) in [6.07, 6.45) is 8.75. The monoisotopic (exact) mass is 180 g/mol. The highest BCUT2D eigenvalue weighted by atomic mass is 15.3. The molecule has 3 fully saturated rings. The van der Waals surface area contributed by atoms with Gasteiger partial charge in [-0.05, 0) is 45.1 Å². The predicted molar refractivity (Wildman–Crippen MR) is 53.8 cm³/mol. The molecule has 0 radical (unpaired) electrons. The molecule has 3 aliphatic rings. The predicted octanol–water partition coefficient (Wildman–Crippen LogP) is 1.37. The lowest BCUT2D eigenvalue weighted by Gasteiger charge is -2.35. The summed E-state index contributed by atoms with van der Waals surface area (Å²) in [7, 11) is 0. The highest BCUT2D eigenvalue weighted by Crippen LogP contribution is 2.39. The van der Waals surface area contributed by atoms with Crippen molar-refractivity contribution in [2.24, 2.45) is 0 Å². The highest BCUT2D eigenvalue weighted by Gasteiger charge is 2.42. The molecule has 2 saturated carbocycles. The summed E-state index contributed by atoms with van der Waals surface area (Å²) in [5, 5.41) is 3.54. The van der Waals surface area contributed by atoms with Crippen LogP contribution in [0, 0.1) is 0 Å². The Balaban J connectivity index is 1.64. The molecule has 1 unspecified atom stereocenters. The van der Waals surface area contributed by atoms with Crippen LogP contribution in [-0.2, 0) is 0 Å².